The molecule has 0 fully saturated rings. The first-order valence-corrected chi connectivity index (χ1v) is 7.80. The predicted molar refractivity (Wildman–Crippen MR) is 93.7 cm³/mol. The van der Waals surface area contributed by atoms with Gasteiger partial charge in [-0.1, -0.05) is 24.3 Å². The predicted octanol–water partition coefficient (Wildman–Crippen LogP) is 4.80. The van der Waals surface area contributed by atoms with Crippen molar-refractivity contribution in [1.82, 2.24) is 5.32 Å². The lowest BCUT2D eigenvalue weighted by molar-refractivity contribution is -0.137. The normalized spacial score (nSPS) is 11.1. The third kappa shape index (κ3) is 4.84. The summed E-state index contributed by atoms with van der Waals surface area (Å²) in [6, 6.07) is 12.8. The van der Waals surface area contributed by atoms with Gasteiger partial charge in [-0.3, -0.25) is 0 Å². The molecule has 0 aliphatic rings. The maximum absolute atomic E-state index is 12.6. The average molecular weight is 436 g/mol. The number of para-hydroxylation sites is 1. The van der Waals surface area contributed by atoms with E-state index >= 15 is 0 Å². The van der Waals surface area contributed by atoms with Crippen molar-refractivity contribution in [3.63, 3.8) is 0 Å². The molecule has 2 N–H and O–H groups in total. The summed E-state index contributed by atoms with van der Waals surface area (Å²) < 4.78 is 38.9. The molecule has 2 rings (SSSR count). The Hall–Kier alpha value is -1.35. The molecule has 0 heterocycles. The van der Waals surface area contributed by atoms with E-state index in [2.05, 4.69) is 33.2 Å². The number of nitrogens with one attached hydrogen (secondary N) is 2. The molecule has 2 aromatic rings. The van der Waals surface area contributed by atoms with Crippen molar-refractivity contribution < 1.29 is 13.2 Å². The minimum Gasteiger partial charge on any atom is -0.358 e. The lowest BCUT2D eigenvalue weighted by Crippen LogP contribution is -2.28. The Morgan fingerprint density at radius 2 is 1.82 bits per heavy atom. The molecule has 116 valence electrons. The Morgan fingerprint density at radius 3 is 2.50 bits per heavy atom. The average Bonchev–Trinajstić information content (AvgIpc) is 2.47. The first kappa shape index (κ1) is 17.0. The number of thiocarbonyl (C=S) groups is 1. The molecular weight excluding hydrogens is 424 g/mol. The van der Waals surface area contributed by atoms with Crippen LogP contribution >= 0.6 is 34.8 Å². The molecule has 7 heteroatoms. The molecule has 0 aromatic heterocycles. The van der Waals surface area contributed by atoms with Crippen molar-refractivity contribution >= 4 is 45.6 Å². The Kier molecular flexibility index (Phi) is 5.63. The molecule has 2 nitrogen and oxygen atoms in total. The number of alkyl halides is 3. The molecule has 0 unspecified atom stereocenters. The van der Waals surface area contributed by atoms with E-state index in [9.17, 15) is 13.2 Å². The van der Waals surface area contributed by atoms with Crippen LogP contribution in [0.4, 0.5) is 18.9 Å². The fourth-order valence-electron chi connectivity index (χ4n) is 1.77. The third-order valence-corrected chi connectivity index (χ3v) is 4.02. The molecule has 0 radical (unpaired) electrons. The van der Waals surface area contributed by atoms with Crippen molar-refractivity contribution in [3.8, 4) is 0 Å². The van der Waals surface area contributed by atoms with Gasteiger partial charge in [-0.05, 0) is 64.6 Å². The van der Waals surface area contributed by atoms with Crippen LogP contribution in [0.15, 0.2) is 48.5 Å². The van der Waals surface area contributed by atoms with Crippen molar-refractivity contribution in [3.05, 3.63) is 63.2 Å². The second-order valence-electron chi connectivity index (χ2n) is 4.49. The van der Waals surface area contributed by atoms with Gasteiger partial charge in [0, 0.05) is 10.1 Å². The zero-order valence-electron chi connectivity index (χ0n) is 11.2. The van der Waals surface area contributed by atoms with E-state index in [-0.39, 0.29) is 6.54 Å². The fraction of sp³-hybridized carbons (Fsp3) is 0.133. The highest BCUT2D eigenvalue weighted by molar-refractivity contribution is 14.1. The Morgan fingerprint density at radius 1 is 1.09 bits per heavy atom. The highest BCUT2D eigenvalue weighted by Gasteiger charge is 2.30. The van der Waals surface area contributed by atoms with Crippen LogP contribution in [-0.4, -0.2) is 5.11 Å². The lowest BCUT2D eigenvalue weighted by Gasteiger charge is -2.13. The van der Waals surface area contributed by atoms with Gasteiger partial charge in [-0.25, -0.2) is 0 Å². The Balaban J connectivity index is 1.96. The lowest BCUT2D eigenvalue weighted by atomic mass is 10.1. The Bertz CT molecular complexity index is 674. The molecule has 0 amide bonds. The van der Waals surface area contributed by atoms with Gasteiger partial charge in [0.25, 0.3) is 0 Å². The van der Waals surface area contributed by atoms with Crippen molar-refractivity contribution in [2.45, 2.75) is 12.7 Å². The molecule has 0 saturated heterocycles. The number of anilines is 1. The van der Waals surface area contributed by atoms with Crippen LogP contribution in [0.2, 0.25) is 0 Å². The minimum atomic E-state index is -4.34. The van der Waals surface area contributed by atoms with E-state index in [0.717, 1.165) is 21.4 Å². The van der Waals surface area contributed by atoms with Crippen LogP contribution in [-0.2, 0) is 12.7 Å². The van der Waals surface area contributed by atoms with Crippen LogP contribution in [0, 0.1) is 3.57 Å². The second kappa shape index (κ2) is 7.28. The maximum Gasteiger partial charge on any atom is 0.416 e. The number of hydrogen-bond donors (Lipinski definition) is 2. The topological polar surface area (TPSA) is 24.1 Å². The highest BCUT2D eigenvalue weighted by atomic mass is 127. The standard InChI is InChI=1S/C15H12F3IN2S/c16-15(17,18)11-5-3-4-10(8-11)9-20-14(22)21-13-7-2-1-6-12(13)19/h1-8H,9H2,(H2,20,21,22). The van der Waals surface area contributed by atoms with Gasteiger partial charge in [-0.15, -0.1) is 0 Å². The van der Waals surface area contributed by atoms with Gasteiger partial charge in [-0.2, -0.15) is 13.2 Å². The summed E-state index contributed by atoms with van der Waals surface area (Å²) in [4.78, 5) is 0. The number of benzene rings is 2. The van der Waals surface area contributed by atoms with E-state index in [1.54, 1.807) is 6.07 Å². The summed E-state index contributed by atoms with van der Waals surface area (Å²) in [5.41, 5.74) is 0.703. The van der Waals surface area contributed by atoms with Crippen molar-refractivity contribution in [2.75, 3.05) is 5.32 Å². The van der Waals surface area contributed by atoms with Gasteiger partial charge >= 0.3 is 6.18 Å². The SMILES string of the molecule is FC(F)(F)c1cccc(CNC(=S)Nc2ccccc2I)c1. The maximum atomic E-state index is 12.6. The largest absolute Gasteiger partial charge is 0.416 e. The van der Waals surface area contributed by atoms with Crippen molar-refractivity contribution in [2.24, 2.45) is 0 Å². The zero-order chi connectivity index (χ0) is 16.2. The summed E-state index contributed by atoms with van der Waals surface area (Å²) in [7, 11) is 0. The van der Waals surface area contributed by atoms with Gasteiger partial charge in [0.05, 0.1) is 11.3 Å². The zero-order valence-corrected chi connectivity index (χ0v) is 14.2. The van der Waals surface area contributed by atoms with Gasteiger partial charge < -0.3 is 10.6 Å². The van der Waals surface area contributed by atoms with Crippen LogP contribution in [0.3, 0.4) is 0 Å². The monoisotopic (exact) mass is 436 g/mol. The van der Waals surface area contributed by atoms with E-state index in [4.69, 9.17) is 12.2 Å². The van der Waals surface area contributed by atoms with Crippen LogP contribution in [0.25, 0.3) is 0 Å². The van der Waals surface area contributed by atoms with Gasteiger partial charge in [0.15, 0.2) is 5.11 Å². The molecule has 0 saturated carbocycles. The quantitative estimate of drug-likeness (QED) is 0.534. The molecular formula is C15H12F3IN2S. The van der Waals surface area contributed by atoms with E-state index in [0.29, 0.717) is 10.7 Å². The summed E-state index contributed by atoms with van der Waals surface area (Å²) in [6.45, 7) is 0.221. The molecule has 0 atom stereocenters. The summed E-state index contributed by atoms with van der Waals surface area (Å²) in [5, 5.41) is 6.28. The van der Waals surface area contributed by atoms with Crippen LogP contribution < -0.4 is 10.6 Å². The first-order valence-electron chi connectivity index (χ1n) is 6.32. The smallest absolute Gasteiger partial charge is 0.358 e. The molecule has 2 aromatic carbocycles. The molecule has 0 bridgehead atoms. The van der Waals surface area contributed by atoms with Crippen LogP contribution in [0.1, 0.15) is 11.1 Å². The molecule has 0 aliphatic heterocycles. The van der Waals surface area contributed by atoms with Gasteiger partial charge in [0.2, 0.25) is 0 Å². The van der Waals surface area contributed by atoms with E-state index in [1.165, 1.54) is 6.07 Å². The van der Waals surface area contributed by atoms with Gasteiger partial charge in [0.1, 0.15) is 0 Å². The third-order valence-electron chi connectivity index (χ3n) is 2.83. The summed E-state index contributed by atoms with van der Waals surface area (Å²) >= 11 is 7.33. The number of rotatable bonds is 3. The summed E-state index contributed by atoms with van der Waals surface area (Å²) in [5.74, 6) is 0. The minimum absolute atomic E-state index is 0.221. The number of halogens is 4. The number of hydrogen-bond acceptors (Lipinski definition) is 1. The molecule has 22 heavy (non-hydrogen) atoms. The molecule has 0 spiro atoms. The van der Waals surface area contributed by atoms with Crippen LogP contribution in [0.5, 0.6) is 0 Å². The van der Waals surface area contributed by atoms with E-state index < -0.39 is 11.7 Å². The summed E-state index contributed by atoms with van der Waals surface area (Å²) in [6.07, 6.45) is -4.34. The van der Waals surface area contributed by atoms with E-state index in [1.807, 2.05) is 24.3 Å². The fourth-order valence-corrected chi connectivity index (χ4v) is 2.47. The first-order chi connectivity index (χ1) is 10.4. The van der Waals surface area contributed by atoms with Crippen molar-refractivity contribution in [1.29, 1.82) is 0 Å². The molecule has 0 aliphatic carbocycles. The second-order valence-corrected chi connectivity index (χ2v) is 6.06. The Labute approximate surface area is 145 Å². The highest BCUT2D eigenvalue weighted by Crippen LogP contribution is 2.29.